The molecule has 0 aliphatic rings. The molecule has 0 bridgehead atoms. The van der Waals surface area contributed by atoms with Gasteiger partial charge in [0.15, 0.2) is 5.88 Å². The largest absolute Gasteiger partial charge is 0.482 e. The Hall–Kier alpha value is -2.29. The van der Waals surface area contributed by atoms with Crippen molar-refractivity contribution in [3.63, 3.8) is 0 Å². The molecule has 0 aliphatic carbocycles. The van der Waals surface area contributed by atoms with Crippen LogP contribution >= 0.6 is 0 Å². The SMILES string of the molecule is CCCCc1c(OC)[nH]c(=O)c2cc3ccccc3cc12. The molecule has 1 aromatic heterocycles. The predicted octanol–water partition coefficient (Wildman–Crippen LogP) is 4.03. The Labute approximate surface area is 123 Å². The van der Waals surface area contributed by atoms with Gasteiger partial charge in [0, 0.05) is 10.9 Å². The number of nitrogens with one attached hydrogen (secondary N) is 1. The number of aromatic nitrogens is 1. The average molecular weight is 281 g/mol. The lowest BCUT2D eigenvalue weighted by Gasteiger charge is -2.12. The van der Waals surface area contributed by atoms with E-state index >= 15 is 0 Å². The molecule has 0 radical (unpaired) electrons. The number of hydrogen-bond donors (Lipinski definition) is 1. The number of pyridine rings is 1. The Morgan fingerprint density at radius 2 is 1.76 bits per heavy atom. The van der Waals surface area contributed by atoms with Crippen molar-refractivity contribution in [3.8, 4) is 5.88 Å². The molecule has 0 unspecified atom stereocenters. The second kappa shape index (κ2) is 5.60. The summed E-state index contributed by atoms with van der Waals surface area (Å²) in [6.45, 7) is 2.16. The number of hydrogen-bond acceptors (Lipinski definition) is 2. The molecule has 108 valence electrons. The van der Waals surface area contributed by atoms with E-state index in [-0.39, 0.29) is 5.56 Å². The van der Waals surface area contributed by atoms with Crippen LogP contribution in [0.3, 0.4) is 0 Å². The van der Waals surface area contributed by atoms with Crippen molar-refractivity contribution in [1.82, 2.24) is 4.98 Å². The van der Waals surface area contributed by atoms with Crippen LogP contribution < -0.4 is 10.3 Å². The minimum atomic E-state index is -0.0900. The molecule has 0 amide bonds. The topological polar surface area (TPSA) is 42.1 Å². The summed E-state index contributed by atoms with van der Waals surface area (Å²) in [4.78, 5) is 15.2. The number of H-pyrrole nitrogens is 1. The molecule has 2 aromatic carbocycles. The minimum absolute atomic E-state index is 0.0900. The summed E-state index contributed by atoms with van der Waals surface area (Å²) in [5.74, 6) is 0.594. The van der Waals surface area contributed by atoms with Crippen molar-refractivity contribution in [1.29, 1.82) is 0 Å². The number of aromatic amines is 1. The van der Waals surface area contributed by atoms with Crippen molar-refractivity contribution >= 4 is 21.5 Å². The molecule has 0 atom stereocenters. The van der Waals surface area contributed by atoms with Gasteiger partial charge in [-0.3, -0.25) is 9.78 Å². The van der Waals surface area contributed by atoms with Crippen LogP contribution in [0.2, 0.25) is 0 Å². The Morgan fingerprint density at radius 1 is 1.10 bits per heavy atom. The van der Waals surface area contributed by atoms with E-state index in [1.165, 1.54) is 0 Å². The van der Waals surface area contributed by atoms with Gasteiger partial charge in [0.25, 0.3) is 5.56 Å². The number of rotatable bonds is 4. The molecule has 3 heteroatoms. The lowest BCUT2D eigenvalue weighted by molar-refractivity contribution is 0.392. The Balaban J connectivity index is 2.37. The highest BCUT2D eigenvalue weighted by atomic mass is 16.5. The highest BCUT2D eigenvalue weighted by Gasteiger charge is 2.12. The number of fused-ring (bicyclic) bond motifs is 2. The maximum atomic E-state index is 12.3. The lowest BCUT2D eigenvalue weighted by atomic mass is 9.98. The van der Waals surface area contributed by atoms with Gasteiger partial charge < -0.3 is 4.74 Å². The van der Waals surface area contributed by atoms with E-state index in [0.717, 1.165) is 46.4 Å². The normalized spacial score (nSPS) is 11.1. The number of unbranched alkanes of at least 4 members (excludes halogenated alkanes) is 1. The highest BCUT2D eigenvalue weighted by molar-refractivity contribution is 5.99. The van der Waals surface area contributed by atoms with Crippen LogP contribution in [0.1, 0.15) is 25.3 Å². The van der Waals surface area contributed by atoms with Crippen LogP contribution in [0.15, 0.2) is 41.2 Å². The van der Waals surface area contributed by atoms with Crippen molar-refractivity contribution in [2.45, 2.75) is 26.2 Å². The first kappa shape index (κ1) is 13.7. The van der Waals surface area contributed by atoms with Crippen LogP contribution in [0.5, 0.6) is 5.88 Å². The second-order valence-corrected chi connectivity index (χ2v) is 5.31. The maximum Gasteiger partial charge on any atom is 0.258 e. The Bertz CT molecular complexity index is 849. The molecule has 0 saturated heterocycles. The first-order chi connectivity index (χ1) is 10.2. The fourth-order valence-electron chi connectivity index (χ4n) is 2.82. The molecule has 0 fully saturated rings. The standard InChI is InChI=1S/C18H19NO2/c1-3-4-9-14-15-10-12-7-5-6-8-13(12)11-16(15)17(20)19-18(14)21-2/h5-8,10-11H,3-4,9H2,1-2H3,(H,19,20). The predicted molar refractivity (Wildman–Crippen MR) is 87.2 cm³/mol. The Morgan fingerprint density at radius 3 is 2.38 bits per heavy atom. The molecular weight excluding hydrogens is 262 g/mol. The van der Waals surface area contributed by atoms with Gasteiger partial charge in [-0.25, -0.2) is 0 Å². The molecule has 3 nitrogen and oxygen atoms in total. The van der Waals surface area contributed by atoms with Crippen LogP contribution in [0.25, 0.3) is 21.5 Å². The summed E-state index contributed by atoms with van der Waals surface area (Å²) in [6.07, 6.45) is 3.09. The van der Waals surface area contributed by atoms with Gasteiger partial charge >= 0.3 is 0 Å². The summed E-state index contributed by atoms with van der Waals surface area (Å²) in [6, 6.07) is 12.2. The fraction of sp³-hybridized carbons (Fsp3) is 0.278. The number of methoxy groups -OCH3 is 1. The van der Waals surface area contributed by atoms with Crippen molar-refractivity contribution < 1.29 is 4.74 Å². The molecule has 0 saturated carbocycles. The van der Waals surface area contributed by atoms with E-state index in [1.807, 2.05) is 24.3 Å². The van der Waals surface area contributed by atoms with E-state index in [0.29, 0.717) is 5.88 Å². The monoisotopic (exact) mass is 281 g/mol. The molecule has 1 N–H and O–H groups in total. The zero-order valence-corrected chi connectivity index (χ0v) is 12.4. The maximum absolute atomic E-state index is 12.3. The van der Waals surface area contributed by atoms with Crippen LogP contribution in [0.4, 0.5) is 0 Å². The molecule has 1 heterocycles. The quantitative estimate of drug-likeness (QED) is 0.733. The van der Waals surface area contributed by atoms with Crippen molar-refractivity contribution in [3.05, 3.63) is 52.3 Å². The minimum Gasteiger partial charge on any atom is -0.482 e. The number of benzene rings is 2. The van der Waals surface area contributed by atoms with Gasteiger partial charge in [-0.15, -0.1) is 0 Å². The van der Waals surface area contributed by atoms with Crippen molar-refractivity contribution in [2.24, 2.45) is 0 Å². The third-order valence-corrected chi connectivity index (χ3v) is 3.94. The number of ether oxygens (including phenoxy) is 1. The summed E-state index contributed by atoms with van der Waals surface area (Å²) >= 11 is 0. The van der Waals surface area contributed by atoms with Crippen LogP contribution in [-0.2, 0) is 6.42 Å². The van der Waals surface area contributed by atoms with E-state index in [4.69, 9.17) is 4.74 Å². The second-order valence-electron chi connectivity index (χ2n) is 5.31. The number of aryl methyl sites for hydroxylation is 1. The lowest BCUT2D eigenvalue weighted by Crippen LogP contribution is -2.11. The summed E-state index contributed by atoms with van der Waals surface area (Å²) in [5, 5.41) is 3.97. The smallest absolute Gasteiger partial charge is 0.258 e. The zero-order chi connectivity index (χ0) is 14.8. The fourth-order valence-corrected chi connectivity index (χ4v) is 2.82. The van der Waals surface area contributed by atoms with E-state index < -0.39 is 0 Å². The first-order valence-corrected chi connectivity index (χ1v) is 7.36. The summed E-state index contributed by atoms with van der Waals surface area (Å²) < 4.78 is 5.39. The Kier molecular flexibility index (Phi) is 3.65. The van der Waals surface area contributed by atoms with Crippen molar-refractivity contribution in [2.75, 3.05) is 7.11 Å². The molecule has 21 heavy (non-hydrogen) atoms. The summed E-state index contributed by atoms with van der Waals surface area (Å²) in [7, 11) is 1.60. The molecular formula is C18H19NO2. The zero-order valence-electron chi connectivity index (χ0n) is 12.4. The van der Waals surface area contributed by atoms with Gasteiger partial charge in [0.1, 0.15) is 0 Å². The van der Waals surface area contributed by atoms with Crippen LogP contribution in [-0.4, -0.2) is 12.1 Å². The average Bonchev–Trinajstić information content (AvgIpc) is 2.52. The van der Waals surface area contributed by atoms with E-state index in [1.54, 1.807) is 7.11 Å². The van der Waals surface area contributed by atoms with Gasteiger partial charge in [-0.05, 0) is 41.1 Å². The van der Waals surface area contributed by atoms with E-state index in [9.17, 15) is 4.79 Å². The molecule has 3 rings (SSSR count). The van der Waals surface area contributed by atoms with E-state index in [2.05, 4.69) is 24.0 Å². The highest BCUT2D eigenvalue weighted by Crippen LogP contribution is 2.28. The molecule has 3 aromatic rings. The van der Waals surface area contributed by atoms with Gasteiger partial charge in [-0.1, -0.05) is 37.6 Å². The first-order valence-electron chi connectivity index (χ1n) is 7.36. The third kappa shape index (κ3) is 2.40. The molecule has 0 spiro atoms. The van der Waals surface area contributed by atoms with Gasteiger partial charge in [0.05, 0.1) is 7.11 Å². The van der Waals surface area contributed by atoms with Gasteiger partial charge in [-0.2, -0.15) is 0 Å². The van der Waals surface area contributed by atoms with Crippen LogP contribution in [0, 0.1) is 0 Å². The summed E-state index contributed by atoms with van der Waals surface area (Å²) in [5.41, 5.74) is 1.01. The third-order valence-electron chi connectivity index (χ3n) is 3.94. The van der Waals surface area contributed by atoms with Gasteiger partial charge in [0.2, 0.25) is 0 Å². The molecule has 0 aliphatic heterocycles.